The molecule has 0 spiro atoms. The van der Waals surface area contributed by atoms with Gasteiger partial charge < -0.3 is 10.1 Å². The molecule has 0 saturated heterocycles. The third kappa shape index (κ3) is 5.90. The lowest BCUT2D eigenvalue weighted by molar-refractivity contribution is 0.142. The third-order valence-electron chi connectivity index (χ3n) is 2.93. The van der Waals surface area contributed by atoms with Crippen LogP contribution in [-0.2, 0) is 4.74 Å². The highest BCUT2D eigenvalue weighted by molar-refractivity contribution is 7.80. The molecule has 0 aromatic carbocycles. The Hall–Kier alpha value is -0.0200. The van der Waals surface area contributed by atoms with Crippen LogP contribution in [0.1, 0.15) is 51.9 Å². The molecule has 0 aromatic heterocycles. The van der Waals surface area contributed by atoms with Gasteiger partial charge in [0.2, 0.25) is 0 Å². The molecule has 0 aliphatic heterocycles. The van der Waals surface area contributed by atoms with E-state index in [9.17, 15) is 0 Å². The zero-order valence-corrected chi connectivity index (χ0v) is 11.6. The molecule has 1 fully saturated rings. The SMILES string of the molecule is CCCCCNC(=S)OC1CCC(Cl)CC1. The van der Waals surface area contributed by atoms with Gasteiger partial charge in [-0.25, -0.2) is 0 Å². The Morgan fingerprint density at radius 2 is 2.00 bits per heavy atom. The molecule has 0 atom stereocenters. The zero-order chi connectivity index (χ0) is 11.8. The Morgan fingerprint density at radius 3 is 2.62 bits per heavy atom. The lowest BCUT2D eigenvalue weighted by atomic mass is 9.97. The van der Waals surface area contributed by atoms with Crippen molar-refractivity contribution in [2.45, 2.75) is 63.4 Å². The van der Waals surface area contributed by atoms with Gasteiger partial charge in [0.05, 0.1) is 0 Å². The number of hydrogen-bond acceptors (Lipinski definition) is 2. The summed E-state index contributed by atoms with van der Waals surface area (Å²) in [5, 5.41) is 4.06. The van der Waals surface area contributed by atoms with Crippen LogP contribution in [-0.4, -0.2) is 23.2 Å². The highest BCUT2D eigenvalue weighted by Crippen LogP contribution is 2.24. The van der Waals surface area contributed by atoms with Gasteiger partial charge in [-0.3, -0.25) is 0 Å². The Kier molecular flexibility index (Phi) is 7.13. The van der Waals surface area contributed by atoms with Crippen LogP contribution in [0.25, 0.3) is 0 Å². The van der Waals surface area contributed by atoms with Crippen LogP contribution in [0.3, 0.4) is 0 Å². The zero-order valence-electron chi connectivity index (χ0n) is 10.0. The van der Waals surface area contributed by atoms with Crippen LogP contribution in [0.15, 0.2) is 0 Å². The van der Waals surface area contributed by atoms with Crippen molar-refractivity contribution in [2.75, 3.05) is 6.54 Å². The second kappa shape index (κ2) is 8.13. The first kappa shape index (κ1) is 14.0. The predicted molar refractivity (Wildman–Crippen MR) is 73.1 cm³/mol. The summed E-state index contributed by atoms with van der Waals surface area (Å²) >= 11 is 11.2. The minimum Gasteiger partial charge on any atom is -0.468 e. The van der Waals surface area contributed by atoms with E-state index in [0.717, 1.165) is 38.6 Å². The molecule has 1 rings (SSSR count). The molecule has 0 bridgehead atoms. The molecule has 0 radical (unpaired) electrons. The minimum atomic E-state index is 0.279. The molecule has 2 nitrogen and oxygen atoms in total. The quantitative estimate of drug-likeness (QED) is 0.465. The fourth-order valence-corrected chi connectivity index (χ4v) is 2.39. The van der Waals surface area contributed by atoms with Crippen molar-refractivity contribution in [1.82, 2.24) is 5.32 Å². The van der Waals surface area contributed by atoms with E-state index >= 15 is 0 Å². The lowest BCUT2D eigenvalue weighted by Gasteiger charge is -2.26. The molecule has 0 unspecified atom stereocenters. The summed E-state index contributed by atoms with van der Waals surface area (Å²) in [6.45, 7) is 3.12. The van der Waals surface area contributed by atoms with E-state index in [1.54, 1.807) is 0 Å². The molecule has 4 heteroatoms. The molecule has 0 aromatic rings. The highest BCUT2D eigenvalue weighted by Gasteiger charge is 2.21. The Bertz CT molecular complexity index is 205. The molecule has 1 aliphatic rings. The second-order valence-corrected chi connectivity index (χ2v) is 5.40. The summed E-state index contributed by atoms with van der Waals surface area (Å²) in [5.41, 5.74) is 0. The number of thiocarbonyl (C=S) groups is 1. The first-order valence-corrected chi connectivity index (χ1v) is 7.15. The fourth-order valence-electron chi connectivity index (χ4n) is 1.90. The first-order valence-electron chi connectivity index (χ1n) is 6.31. The molecule has 0 heterocycles. The summed E-state index contributed by atoms with van der Waals surface area (Å²) < 4.78 is 5.68. The number of unbranched alkanes of at least 4 members (excludes halogenated alkanes) is 2. The van der Waals surface area contributed by atoms with Crippen LogP contribution in [0, 0.1) is 0 Å². The van der Waals surface area contributed by atoms with Gasteiger partial charge in [0.1, 0.15) is 6.10 Å². The number of alkyl halides is 1. The van der Waals surface area contributed by atoms with Crippen LogP contribution in [0.5, 0.6) is 0 Å². The molecule has 1 saturated carbocycles. The number of rotatable bonds is 5. The van der Waals surface area contributed by atoms with Crippen LogP contribution >= 0.6 is 23.8 Å². The fraction of sp³-hybridized carbons (Fsp3) is 0.917. The summed E-state index contributed by atoms with van der Waals surface area (Å²) in [6, 6.07) is 0. The monoisotopic (exact) mass is 263 g/mol. The van der Waals surface area contributed by atoms with Gasteiger partial charge in [0, 0.05) is 11.9 Å². The maximum absolute atomic E-state index is 6.03. The number of nitrogens with one attached hydrogen (secondary N) is 1. The molecule has 1 aliphatic carbocycles. The Balaban J connectivity index is 2.05. The van der Waals surface area contributed by atoms with E-state index in [1.165, 1.54) is 12.8 Å². The smallest absolute Gasteiger partial charge is 0.256 e. The molecule has 94 valence electrons. The maximum atomic E-state index is 6.03. The summed E-state index contributed by atoms with van der Waals surface area (Å²) in [4.78, 5) is 0. The second-order valence-electron chi connectivity index (χ2n) is 4.41. The predicted octanol–water partition coefficient (Wildman–Crippen LogP) is 3.62. The Morgan fingerprint density at radius 1 is 1.31 bits per heavy atom. The van der Waals surface area contributed by atoms with Crippen LogP contribution in [0.2, 0.25) is 0 Å². The standard InChI is InChI=1S/C12H22ClNOS/c1-2-3-4-9-14-12(16)15-11-7-5-10(13)6-8-11/h10-11H,2-9H2,1H3,(H,14,16). The van der Waals surface area contributed by atoms with Crippen molar-refractivity contribution in [2.24, 2.45) is 0 Å². The van der Waals surface area contributed by atoms with Crippen molar-refractivity contribution in [1.29, 1.82) is 0 Å². The molecule has 1 N–H and O–H groups in total. The largest absolute Gasteiger partial charge is 0.468 e. The third-order valence-corrected chi connectivity index (χ3v) is 3.60. The Labute approximate surface area is 109 Å². The van der Waals surface area contributed by atoms with Gasteiger partial charge in [0.15, 0.2) is 0 Å². The first-order chi connectivity index (χ1) is 7.72. The van der Waals surface area contributed by atoms with Crippen molar-refractivity contribution in [3.05, 3.63) is 0 Å². The van der Waals surface area contributed by atoms with Crippen molar-refractivity contribution in [3.63, 3.8) is 0 Å². The van der Waals surface area contributed by atoms with Crippen LogP contribution in [0.4, 0.5) is 0 Å². The minimum absolute atomic E-state index is 0.279. The average Bonchev–Trinajstić information content (AvgIpc) is 2.28. The maximum Gasteiger partial charge on any atom is 0.256 e. The van der Waals surface area contributed by atoms with E-state index in [2.05, 4.69) is 12.2 Å². The van der Waals surface area contributed by atoms with E-state index in [-0.39, 0.29) is 6.10 Å². The number of halogens is 1. The van der Waals surface area contributed by atoms with E-state index in [4.69, 9.17) is 28.6 Å². The number of ether oxygens (including phenoxy) is 1. The van der Waals surface area contributed by atoms with Gasteiger partial charge in [0.25, 0.3) is 5.17 Å². The molecular weight excluding hydrogens is 242 g/mol. The molecule has 0 amide bonds. The van der Waals surface area contributed by atoms with Crippen LogP contribution < -0.4 is 5.32 Å². The summed E-state index contributed by atoms with van der Waals surface area (Å²) in [6.07, 6.45) is 8.07. The topological polar surface area (TPSA) is 21.3 Å². The van der Waals surface area contributed by atoms with Gasteiger partial charge in [-0.15, -0.1) is 11.6 Å². The molecular formula is C12H22ClNOS. The normalized spacial score (nSPS) is 25.1. The highest BCUT2D eigenvalue weighted by atomic mass is 35.5. The van der Waals surface area contributed by atoms with Crippen molar-refractivity contribution < 1.29 is 4.74 Å². The van der Waals surface area contributed by atoms with Gasteiger partial charge in [-0.1, -0.05) is 19.8 Å². The average molecular weight is 264 g/mol. The van der Waals surface area contributed by atoms with Gasteiger partial charge in [-0.2, -0.15) is 0 Å². The summed E-state index contributed by atoms with van der Waals surface area (Å²) in [7, 11) is 0. The van der Waals surface area contributed by atoms with Crippen molar-refractivity contribution >= 4 is 29.0 Å². The van der Waals surface area contributed by atoms with E-state index < -0.39 is 0 Å². The lowest BCUT2D eigenvalue weighted by Crippen LogP contribution is -2.31. The number of hydrogen-bond donors (Lipinski definition) is 1. The van der Waals surface area contributed by atoms with E-state index in [0.29, 0.717) is 10.6 Å². The van der Waals surface area contributed by atoms with Gasteiger partial charge in [-0.05, 0) is 44.3 Å². The van der Waals surface area contributed by atoms with Crippen molar-refractivity contribution in [3.8, 4) is 0 Å². The molecule has 16 heavy (non-hydrogen) atoms. The summed E-state index contributed by atoms with van der Waals surface area (Å²) in [5.74, 6) is 0. The van der Waals surface area contributed by atoms with Gasteiger partial charge >= 0.3 is 0 Å². The van der Waals surface area contributed by atoms with E-state index in [1.807, 2.05) is 0 Å².